The molecule has 96 valence electrons. The van der Waals surface area contributed by atoms with E-state index in [4.69, 9.17) is 0 Å². The van der Waals surface area contributed by atoms with Crippen molar-refractivity contribution in [1.29, 1.82) is 0 Å². The molecule has 2 rings (SSSR count). The Kier molecular flexibility index (Phi) is 3.11. The molecule has 1 aromatic rings. The minimum absolute atomic E-state index is 0.208. The fourth-order valence-corrected chi connectivity index (χ4v) is 3.69. The number of nitrogens with zero attached hydrogens (tertiary/aromatic N) is 3. The van der Waals surface area contributed by atoms with Gasteiger partial charge in [-0.3, -0.25) is 0 Å². The molecule has 0 amide bonds. The highest BCUT2D eigenvalue weighted by atomic mass is 79.9. The quantitative estimate of drug-likeness (QED) is 0.867. The Labute approximate surface area is 111 Å². The Morgan fingerprint density at radius 2 is 2.06 bits per heavy atom. The average molecular weight is 302 g/mol. The molecular weight excluding hydrogens is 282 g/mol. The predicted octanol–water partition coefficient (Wildman–Crippen LogP) is 2.61. The normalized spacial score (nSPS) is 32.7. The van der Waals surface area contributed by atoms with E-state index >= 15 is 0 Å². The topological polar surface area (TPSA) is 50.9 Å². The van der Waals surface area contributed by atoms with Crippen molar-refractivity contribution in [3.05, 3.63) is 10.3 Å². The van der Waals surface area contributed by atoms with Crippen molar-refractivity contribution < 1.29 is 5.11 Å². The summed E-state index contributed by atoms with van der Waals surface area (Å²) in [6.45, 7) is 6.64. The molecule has 0 aromatic carbocycles. The Balaban J connectivity index is 2.38. The number of aliphatic hydroxyl groups is 1. The van der Waals surface area contributed by atoms with Gasteiger partial charge < -0.3 is 5.11 Å². The summed E-state index contributed by atoms with van der Waals surface area (Å²) in [7, 11) is 1.83. The third kappa shape index (κ3) is 2.15. The monoisotopic (exact) mass is 301 g/mol. The van der Waals surface area contributed by atoms with Gasteiger partial charge in [0.15, 0.2) is 4.60 Å². The van der Waals surface area contributed by atoms with Gasteiger partial charge in [-0.25, -0.2) is 4.68 Å². The maximum Gasteiger partial charge on any atom is 0.154 e. The molecule has 0 bridgehead atoms. The number of hydrogen-bond acceptors (Lipinski definition) is 3. The highest BCUT2D eigenvalue weighted by molar-refractivity contribution is 9.10. The molecule has 1 aliphatic carbocycles. The smallest absolute Gasteiger partial charge is 0.154 e. The zero-order chi connectivity index (χ0) is 12.8. The molecule has 0 saturated heterocycles. The summed E-state index contributed by atoms with van der Waals surface area (Å²) >= 11 is 3.39. The standard InChI is InChI=1S/C12H20BrN3O/c1-8-7-11(2,3)5-6-12(8,17)9-10(13)14-15-16(9)4/h8,17H,5-7H2,1-4H3. The Hall–Kier alpha value is -0.420. The molecule has 0 aliphatic heterocycles. The zero-order valence-corrected chi connectivity index (χ0v) is 12.5. The number of rotatable bonds is 1. The van der Waals surface area contributed by atoms with Gasteiger partial charge in [0, 0.05) is 7.05 Å². The van der Waals surface area contributed by atoms with Gasteiger partial charge >= 0.3 is 0 Å². The average Bonchev–Trinajstić information content (AvgIpc) is 2.53. The first-order valence-electron chi connectivity index (χ1n) is 6.04. The first-order valence-corrected chi connectivity index (χ1v) is 6.83. The highest BCUT2D eigenvalue weighted by Crippen LogP contribution is 2.49. The van der Waals surface area contributed by atoms with Gasteiger partial charge in [0.05, 0.1) is 0 Å². The summed E-state index contributed by atoms with van der Waals surface area (Å²) < 4.78 is 2.34. The fraction of sp³-hybridized carbons (Fsp3) is 0.833. The van der Waals surface area contributed by atoms with Crippen LogP contribution in [0.15, 0.2) is 4.60 Å². The van der Waals surface area contributed by atoms with E-state index in [0.717, 1.165) is 25.0 Å². The van der Waals surface area contributed by atoms with Crippen molar-refractivity contribution in [2.24, 2.45) is 18.4 Å². The lowest BCUT2D eigenvalue weighted by molar-refractivity contribution is -0.0829. The molecule has 5 heteroatoms. The molecule has 1 saturated carbocycles. The van der Waals surface area contributed by atoms with Crippen molar-refractivity contribution in [2.45, 2.75) is 45.6 Å². The second kappa shape index (κ2) is 4.05. The van der Waals surface area contributed by atoms with E-state index in [9.17, 15) is 5.11 Å². The van der Waals surface area contributed by atoms with Crippen LogP contribution in [-0.4, -0.2) is 20.1 Å². The number of aromatic nitrogens is 3. The number of aryl methyl sites for hydroxylation is 1. The van der Waals surface area contributed by atoms with Crippen LogP contribution in [0.25, 0.3) is 0 Å². The van der Waals surface area contributed by atoms with E-state index in [2.05, 4.69) is 47.0 Å². The molecule has 1 heterocycles. The molecule has 17 heavy (non-hydrogen) atoms. The summed E-state index contributed by atoms with van der Waals surface area (Å²) in [5, 5.41) is 18.9. The summed E-state index contributed by atoms with van der Waals surface area (Å²) in [4.78, 5) is 0. The van der Waals surface area contributed by atoms with E-state index in [1.165, 1.54) is 0 Å². The Morgan fingerprint density at radius 3 is 2.53 bits per heavy atom. The third-order valence-electron chi connectivity index (χ3n) is 4.05. The Morgan fingerprint density at radius 1 is 1.41 bits per heavy atom. The molecule has 1 N–H and O–H groups in total. The van der Waals surface area contributed by atoms with E-state index in [1.54, 1.807) is 4.68 Å². The molecule has 0 spiro atoms. The maximum atomic E-state index is 11.0. The van der Waals surface area contributed by atoms with E-state index in [-0.39, 0.29) is 5.92 Å². The van der Waals surface area contributed by atoms with Gasteiger partial charge in [-0.2, -0.15) is 0 Å². The largest absolute Gasteiger partial charge is 0.383 e. The van der Waals surface area contributed by atoms with Crippen molar-refractivity contribution in [2.75, 3.05) is 0 Å². The van der Waals surface area contributed by atoms with Crippen LogP contribution in [0.3, 0.4) is 0 Å². The van der Waals surface area contributed by atoms with E-state index < -0.39 is 5.60 Å². The molecule has 2 atom stereocenters. The van der Waals surface area contributed by atoms with Gasteiger partial charge in [0.1, 0.15) is 11.3 Å². The van der Waals surface area contributed by atoms with Crippen molar-refractivity contribution in [3.8, 4) is 0 Å². The first kappa shape index (κ1) is 13.0. The molecule has 4 nitrogen and oxygen atoms in total. The van der Waals surface area contributed by atoms with Crippen molar-refractivity contribution in [1.82, 2.24) is 15.0 Å². The van der Waals surface area contributed by atoms with Crippen molar-refractivity contribution in [3.63, 3.8) is 0 Å². The summed E-state index contributed by atoms with van der Waals surface area (Å²) in [5.74, 6) is 0.208. The van der Waals surface area contributed by atoms with Crippen LogP contribution < -0.4 is 0 Å². The van der Waals surface area contributed by atoms with Gasteiger partial charge in [0.2, 0.25) is 0 Å². The van der Waals surface area contributed by atoms with Gasteiger partial charge in [-0.05, 0) is 46.5 Å². The lowest BCUT2D eigenvalue weighted by atomic mass is 9.64. The molecule has 2 unspecified atom stereocenters. The second-order valence-corrected chi connectivity index (χ2v) is 6.80. The molecule has 1 aliphatic rings. The van der Waals surface area contributed by atoms with Crippen LogP contribution in [0.4, 0.5) is 0 Å². The van der Waals surface area contributed by atoms with Crippen LogP contribution in [0, 0.1) is 11.3 Å². The summed E-state index contributed by atoms with van der Waals surface area (Å²) in [5.41, 5.74) is 0.303. The molecule has 0 radical (unpaired) electrons. The Bertz CT molecular complexity index is 410. The summed E-state index contributed by atoms with van der Waals surface area (Å²) in [6, 6.07) is 0. The lowest BCUT2D eigenvalue weighted by Gasteiger charge is -2.45. The first-order chi connectivity index (χ1) is 7.76. The van der Waals surface area contributed by atoms with Crippen LogP contribution >= 0.6 is 15.9 Å². The van der Waals surface area contributed by atoms with Gasteiger partial charge in [-0.15, -0.1) is 5.10 Å². The minimum atomic E-state index is -0.813. The number of hydrogen-bond donors (Lipinski definition) is 1. The van der Waals surface area contributed by atoms with Crippen LogP contribution in [-0.2, 0) is 12.6 Å². The third-order valence-corrected chi connectivity index (χ3v) is 4.59. The maximum absolute atomic E-state index is 11.0. The molecular formula is C12H20BrN3O. The highest BCUT2D eigenvalue weighted by Gasteiger charge is 2.46. The van der Waals surface area contributed by atoms with Gasteiger partial charge in [0.25, 0.3) is 0 Å². The fourth-order valence-electron chi connectivity index (χ4n) is 3.02. The second-order valence-electron chi connectivity index (χ2n) is 6.05. The summed E-state index contributed by atoms with van der Waals surface area (Å²) in [6.07, 6.45) is 2.80. The van der Waals surface area contributed by atoms with Gasteiger partial charge in [-0.1, -0.05) is 26.0 Å². The van der Waals surface area contributed by atoms with E-state index in [1.807, 2.05) is 7.05 Å². The SMILES string of the molecule is CC1CC(C)(C)CCC1(O)c1c(Br)nnn1C. The molecule has 1 fully saturated rings. The predicted molar refractivity (Wildman–Crippen MR) is 69.4 cm³/mol. The zero-order valence-electron chi connectivity index (χ0n) is 10.9. The van der Waals surface area contributed by atoms with Crippen molar-refractivity contribution >= 4 is 15.9 Å². The van der Waals surface area contributed by atoms with Crippen LogP contribution in [0.1, 0.15) is 45.7 Å². The molecule has 1 aromatic heterocycles. The van der Waals surface area contributed by atoms with Crippen LogP contribution in [0.5, 0.6) is 0 Å². The minimum Gasteiger partial charge on any atom is -0.383 e. The lowest BCUT2D eigenvalue weighted by Crippen LogP contribution is -2.43. The number of halogens is 1. The van der Waals surface area contributed by atoms with Crippen LogP contribution in [0.2, 0.25) is 0 Å². The van der Waals surface area contributed by atoms with E-state index in [0.29, 0.717) is 10.0 Å².